The van der Waals surface area contributed by atoms with Crippen LogP contribution in [0.15, 0.2) is 121 Å². The highest BCUT2D eigenvalue weighted by Crippen LogP contribution is 2.31. The summed E-state index contributed by atoms with van der Waals surface area (Å²) in [5.74, 6) is 0.300. The van der Waals surface area contributed by atoms with Crippen LogP contribution in [0.4, 0.5) is 11.4 Å². The van der Waals surface area contributed by atoms with Crippen molar-refractivity contribution >= 4 is 45.7 Å². The molecule has 0 spiro atoms. The number of aryl methyl sites for hydroxylation is 2. The number of benzene rings is 5. The molecule has 0 fully saturated rings. The number of anilines is 2. The maximum absolute atomic E-state index is 13.1. The van der Waals surface area contributed by atoms with Crippen LogP contribution in [0, 0.1) is 13.8 Å². The second-order valence-corrected chi connectivity index (χ2v) is 10.9. The minimum atomic E-state index is -0.247. The summed E-state index contributed by atoms with van der Waals surface area (Å²) in [6, 6.07) is 38.6. The number of fused-ring (bicyclic) bond motifs is 1. The molecule has 6 aromatic rings. The molecule has 0 bridgehead atoms. The molecule has 0 radical (unpaired) electrons. The van der Waals surface area contributed by atoms with E-state index in [9.17, 15) is 4.79 Å². The summed E-state index contributed by atoms with van der Waals surface area (Å²) in [5.41, 5.74) is 9.43. The van der Waals surface area contributed by atoms with Crippen LogP contribution in [0.2, 0.25) is 0 Å². The molecule has 0 saturated carbocycles. The van der Waals surface area contributed by atoms with Crippen molar-refractivity contribution in [1.29, 1.82) is 0 Å². The lowest BCUT2D eigenvalue weighted by Gasteiger charge is -2.21. The Labute approximate surface area is 262 Å². The fourth-order valence-corrected chi connectivity index (χ4v) is 5.01. The summed E-state index contributed by atoms with van der Waals surface area (Å²) in [6.45, 7) is 4.14. The first kappa shape index (κ1) is 28.7. The van der Waals surface area contributed by atoms with Gasteiger partial charge in [0, 0.05) is 35.1 Å². The van der Waals surface area contributed by atoms with E-state index in [-0.39, 0.29) is 5.91 Å². The molecule has 5 aromatic carbocycles. The van der Waals surface area contributed by atoms with Crippen LogP contribution >= 0.6 is 12.2 Å². The van der Waals surface area contributed by atoms with Crippen LogP contribution in [0.1, 0.15) is 21.5 Å². The third-order valence-corrected chi connectivity index (χ3v) is 7.85. The minimum absolute atomic E-state index is 0.247. The zero-order valence-corrected chi connectivity index (χ0v) is 25.4. The number of amides is 1. The zero-order chi connectivity index (χ0) is 30.6. The molecule has 0 aliphatic carbocycles. The van der Waals surface area contributed by atoms with Gasteiger partial charge in [0.15, 0.2) is 0 Å². The largest absolute Gasteiger partial charge is 0.432 e. The number of rotatable bonds is 6. The average Bonchev–Trinajstić information content (AvgIpc) is 3.06. The molecule has 0 unspecified atom stereocenters. The topological polar surface area (TPSA) is 67.3 Å². The highest BCUT2D eigenvalue weighted by molar-refractivity contribution is 7.80. The minimum Gasteiger partial charge on any atom is -0.432 e. The summed E-state index contributed by atoms with van der Waals surface area (Å²) in [7, 11) is 1.87. The SMILES string of the molecule is Cc1ccc(N(C)C(=S)Oc2ccc(C(=O)Nc3ccc4nc(-c5ccccc5)c(-c5ccccc5)nc4c3)cc2)cc1C. The lowest BCUT2D eigenvalue weighted by Crippen LogP contribution is -2.29. The fourth-order valence-electron chi connectivity index (χ4n) is 4.81. The first-order valence-electron chi connectivity index (χ1n) is 14.2. The average molecular weight is 595 g/mol. The summed E-state index contributed by atoms with van der Waals surface area (Å²) in [5, 5.41) is 3.30. The van der Waals surface area contributed by atoms with Crippen LogP contribution in [-0.4, -0.2) is 28.1 Å². The van der Waals surface area contributed by atoms with Crippen molar-refractivity contribution < 1.29 is 9.53 Å². The number of thiocarbonyl (C=S) groups is 1. The first-order chi connectivity index (χ1) is 21.4. The molecule has 1 N–H and O–H groups in total. The van der Waals surface area contributed by atoms with Gasteiger partial charge in [-0.25, -0.2) is 9.97 Å². The predicted octanol–water partition coefficient (Wildman–Crippen LogP) is 8.63. The van der Waals surface area contributed by atoms with Gasteiger partial charge in [0.25, 0.3) is 11.1 Å². The van der Waals surface area contributed by atoms with Crippen molar-refractivity contribution in [2.75, 3.05) is 17.3 Å². The van der Waals surface area contributed by atoms with Gasteiger partial charge in [-0.05, 0) is 91.8 Å². The van der Waals surface area contributed by atoms with Gasteiger partial charge in [-0.15, -0.1) is 0 Å². The van der Waals surface area contributed by atoms with Crippen molar-refractivity contribution in [2.45, 2.75) is 13.8 Å². The highest BCUT2D eigenvalue weighted by atomic mass is 32.1. The Kier molecular flexibility index (Phi) is 8.12. The lowest BCUT2D eigenvalue weighted by molar-refractivity contribution is 0.102. The van der Waals surface area contributed by atoms with Gasteiger partial charge in [-0.1, -0.05) is 66.7 Å². The summed E-state index contributed by atoms with van der Waals surface area (Å²) >= 11 is 5.52. The Morgan fingerprint density at radius 1 is 0.705 bits per heavy atom. The van der Waals surface area contributed by atoms with E-state index < -0.39 is 0 Å². The van der Waals surface area contributed by atoms with E-state index in [0.29, 0.717) is 27.7 Å². The normalized spacial score (nSPS) is 10.8. The van der Waals surface area contributed by atoms with E-state index >= 15 is 0 Å². The molecule has 1 amide bonds. The number of carbonyl (C=O) groups is 1. The molecule has 0 aliphatic rings. The number of ether oxygens (including phenoxy) is 1. The van der Waals surface area contributed by atoms with E-state index in [1.165, 1.54) is 11.1 Å². The van der Waals surface area contributed by atoms with Gasteiger partial charge in [0.05, 0.1) is 22.4 Å². The van der Waals surface area contributed by atoms with Crippen molar-refractivity contribution in [3.63, 3.8) is 0 Å². The molecule has 216 valence electrons. The molecule has 1 heterocycles. The fraction of sp³-hybridized carbons (Fsp3) is 0.0811. The molecule has 0 saturated heterocycles. The van der Waals surface area contributed by atoms with Crippen molar-refractivity contribution in [2.24, 2.45) is 0 Å². The Hall–Kier alpha value is -5.40. The van der Waals surface area contributed by atoms with Crippen molar-refractivity contribution in [1.82, 2.24) is 9.97 Å². The number of aromatic nitrogens is 2. The second-order valence-electron chi connectivity index (χ2n) is 10.5. The molecule has 1 aromatic heterocycles. The molecule has 6 rings (SSSR count). The smallest absolute Gasteiger partial charge is 0.269 e. The van der Waals surface area contributed by atoms with Gasteiger partial charge >= 0.3 is 0 Å². The monoisotopic (exact) mass is 594 g/mol. The summed E-state index contributed by atoms with van der Waals surface area (Å²) in [6.07, 6.45) is 0. The summed E-state index contributed by atoms with van der Waals surface area (Å²) < 4.78 is 5.90. The third kappa shape index (κ3) is 6.19. The Bertz CT molecular complexity index is 1980. The molecular formula is C37H30N4O2S. The molecule has 7 heteroatoms. The van der Waals surface area contributed by atoms with E-state index in [1.54, 1.807) is 24.3 Å². The van der Waals surface area contributed by atoms with Crippen LogP contribution in [0.3, 0.4) is 0 Å². The Balaban J connectivity index is 1.19. The maximum Gasteiger partial charge on any atom is 0.269 e. The van der Waals surface area contributed by atoms with Gasteiger partial charge < -0.3 is 15.0 Å². The van der Waals surface area contributed by atoms with Gasteiger partial charge in [-0.2, -0.15) is 0 Å². The first-order valence-corrected chi connectivity index (χ1v) is 14.6. The maximum atomic E-state index is 13.1. The number of hydrogen-bond donors (Lipinski definition) is 1. The van der Waals surface area contributed by atoms with E-state index in [0.717, 1.165) is 33.7 Å². The third-order valence-electron chi connectivity index (χ3n) is 7.49. The molecule has 44 heavy (non-hydrogen) atoms. The molecule has 6 nitrogen and oxygen atoms in total. The van der Waals surface area contributed by atoms with Crippen LogP contribution in [0.25, 0.3) is 33.5 Å². The quantitative estimate of drug-likeness (QED) is 0.195. The molecule has 0 aliphatic heterocycles. The van der Waals surface area contributed by atoms with Crippen LogP contribution in [0.5, 0.6) is 5.75 Å². The Morgan fingerprint density at radius 3 is 1.93 bits per heavy atom. The van der Waals surface area contributed by atoms with Gasteiger partial charge in [0.2, 0.25) is 0 Å². The van der Waals surface area contributed by atoms with Crippen LogP contribution < -0.4 is 15.0 Å². The number of nitrogens with one attached hydrogen (secondary N) is 1. The van der Waals surface area contributed by atoms with E-state index in [4.69, 9.17) is 26.9 Å². The van der Waals surface area contributed by atoms with E-state index in [2.05, 4.69) is 31.3 Å². The zero-order valence-electron chi connectivity index (χ0n) is 24.6. The Morgan fingerprint density at radius 2 is 1.32 bits per heavy atom. The molecule has 0 atom stereocenters. The second kappa shape index (κ2) is 12.5. The molecular weight excluding hydrogens is 565 g/mol. The van der Waals surface area contributed by atoms with E-state index in [1.807, 2.05) is 96.9 Å². The number of carbonyl (C=O) groups excluding carboxylic acids is 1. The standard InChI is InChI=1S/C37H30N4O2S/c1-24-14-18-30(22-25(24)2)41(3)37(44)43-31-19-15-28(16-20-31)36(42)38-29-17-21-32-33(23-29)40-35(27-12-8-5-9-13-27)34(39-32)26-10-6-4-7-11-26/h4-23H,1-3H3,(H,38,42). The van der Waals surface area contributed by atoms with Gasteiger partial charge in [0.1, 0.15) is 5.75 Å². The highest BCUT2D eigenvalue weighted by Gasteiger charge is 2.15. The van der Waals surface area contributed by atoms with Crippen LogP contribution in [-0.2, 0) is 0 Å². The van der Waals surface area contributed by atoms with Crippen molar-refractivity contribution in [3.05, 3.63) is 138 Å². The predicted molar refractivity (Wildman–Crippen MR) is 182 cm³/mol. The number of hydrogen-bond acceptors (Lipinski definition) is 5. The lowest BCUT2D eigenvalue weighted by atomic mass is 10.0. The van der Waals surface area contributed by atoms with Gasteiger partial charge in [-0.3, -0.25) is 4.79 Å². The summed E-state index contributed by atoms with van der Waals surface area (Å²) in [4.78, 5) is 24.9. The van der Waals surface area contributed by atoms with Crippen molar-refractivity contribution in [3.8, 4) is 28.3 Å². The number of nitrogens with zero attached hydrogens (tertiary/aromatic N) is 3.